The summed E-state index contributed by atoms with van der Waals surface area (Å²) in [6.07, 6.45) is 7.70. The molecule has 1 aromatic carbocycles. The van der Waals surface area contributed by atoms with E-state index in [1.165, 1.54) is 6.07 Å². The van der Waals surface area contributed by atoms with Gasteiger partial charge in [-0.15, -0.1) is 0 Å². The van der Waals surface area contributed by atoms with Gasteiger partial charge in [0.15, 0.2) is 0 Å². The zero-order valence-electron chi connectivity index (χ0n) is 20.7. The molecule has 1 aliphatic carbocycles. The number of aromatic hydroxyl groups is 2. The third kappa shape index (κ3) is 6.64. The predicted molar refractivity (Wildman–Crippen MR) is 128 cm³/mol. The number of hydrogen-bond donors (Lipinski definition) is 2. The average Bonchev–Trinajstić information content (AvgIpc) is 3.26. The van der Waals surface area contributed by atoms with Crippen molar-refractivity contribution in [2.75, 3.05) is 13.1 Å². The number of esters is 1. The summed E-state index contributed by atoms with van der Waals surface area (Å²) in [7, 11) is 0. The summed E-state index contributed by atoms with van der Waals surface area (Å²) in [5.41, 5.74) is 0.899. The fraction of sp³-hybridized carbons (Fsp3) is 0.704. The first-order valence-corrected chi connectivity index (χ1v) is 12.7. The molecule has 2 N–H and O–H groups in total. The largest absolute Gasteiger partial charge is 0.508 e. The molecule has 1 aliphatic heterocycles. The Hall–Kier alpha value is -2.24. The van der Waals surface area contributed by atoms with Gasteiger partial charge in [-0.25, -0.2) is 0 Å². The summed E-state index contributed by atoms with van der Waals surface area (Å²) in [6, 6.07) is 2.88. The number of ether oxygens (including phenoxy) is 1. The average molecular weight is 460 g/mol. The summed E-state index contributed by atoms with van der Waals surface area (Å²) < 4.78 is 5.83. The molecule has 1 heterocycles. The molecule has 0 bridgehead atoms. The molecular formula is C27H41NO5. The number of phenolic OH excluding ortho intramolecular Hbond substituents is 2. The van der Waals surface area contributed by atoms with Gasteiger partial charge in [0.1, 0.15) is 17.6 Å². The van der Waals surface area contributed by atoms with Crippen molar-refractivity contribution < 1.29 is 24.5 Å². The molecule has 6 heteroatoms. The molecule has 1 aromatic rings. The van der Waals surface area contributed by atoms with Gasteiger partial charge in [0, 0.05) is 19.2 Å². The summed E-state index contributed by atoms with van der Waals surface area (Å²) >= 11 is 0. The number of nitrogens with zero attached hydrogens (tertiary/aromatic N) is 1. The number of carbonyl (C=O) groups excluding carboxylic acids is 2. The second kappa shape index (κ2) is 11.3. The van der Waals surface area contributed by atoms with Crippen molar-refractivity contribution in [1.29, 1.82) is 0 Å². The minimum Gasteiger partial charge on any atom is -0.508 e. The van der Waals surface area contributed by atoms with E-state index in [0.717, 1.165) is 51.4 Å². The van der Waals surface area contributed by atoms with Gasteiger partial charge < -0.3 is 19.8 Å². The standard InChI is InChI=1S/C27H41NO5/c1-17(2)13-20(27(32)33-21-7-5-6-8-21)14-19-9-11-28(12-10-19)26(31)23-15-22(18(3)4)24(29)16-25(23)30/h15-21,29-30H,5-14H2,1-4H3/t20-/m1/s1. The zero-order valence-corrected chi connectivity index (χ0v) is 20.7. The van der Waals surface area contributed by atoms with E-state index in [0.29, 0.717) is 30.5 Å². The van der Waals surface area contributed by atoms with Crippen LogP contribution in [0.3, 0.4) is 0 Å². The SMILES string of the molecule is CC(C)C[C@H](CC1CCN(C(=O)c2cc(C(C)C)c(O)cc2O)CC1)C(=O)OC1CCCC1. The van der Waals surface area contributed by atoms with Crippen LogP contribution < -0.4 is 0 Å². The molecule has 2 aliphatic rings. The van der Waals surface area contributed by atoms with Crippen LogP contribution in [-0.2, 0) is 9.53 Å². The maximum atomic E-state index is 13.1. The van der Waals surface area contributed by atoms with Crippen LogP contribution in [0.1, 0.15) is 101 Å². The Labute approximate surface area is 198 Å². The first kappa shape index (κ1) is 25.4. The minimum absolute atomic E-state index is 0.0124. The molecule has 0 radical (unpaired) electrons. The smallest absolute Gasteiger partial charge is 0.309 e. The third-order valence-corrected chi connectivity index (χ3v) is 7.19. The highest BCUT2D eigenvalue weighted by Gasteiger charge is 2.32. The molecule has 184 valence electrons. The highest BCUT2D eigenvalue weighted by atomic mass is 16.5. The van der Waals surface area contributed by atoms with Crippen LogP contribution in [0.15, 0.2) is 12.1 Å². The number of benzene rings is 1. The Morgan fingerprint density at radius 2 is 1.64 bits per heavy atom. The maximum Gasteiger partial charge on any atom is 0.309 e. The van der Waals surface area contributed by atoms with Gasteiger partial charge in [-0.1, -0.05) is 27.7 Å². The molecule has 33 heavy (non-hydrogen) atoms. The summed E-state index contributed by atoms with van der Waals surface area (Å²) in [6.45, 7) is 9.38. The molecule has 1 saturated carbocycles. The number of phenols is 2. The van der Waals surface area contributed by atoms with E-state index in [-0.39, 0.29) is 46.9 Å². The fourth-order valence-corrected chi connectivity index (χ4v) is 5.30. The van der Waals surface area contributed by atoms with Crippen molar-refractivity contribution in [1.82, 2.24) is 4.90 Å². The van der Waals surface area contributed by atoms with Gasteiger partial charge in [-0.2, -0.15) is 0 Å². The van der Waals surface area contributed by atoms with Crippen LogP contribution in [0.4, 0.5) is 0 Å². The molecule has 6 nitrogen and oxygen atoms in total. The number of hydrogen-bond acceptors (Lipinski definition) is 5. The number of amides is 1. The summed E-state index contributed by atoms with van der Waals surface area (Å²) in [5.74, 6) is 0.372. The van der Waals surface area contributed by atoms with Gasteiger partial charge in [0.05, 0.1) is 11.5 Å². The van der Waals surface area contributed by atoms with Crippen molar-refractivity contribution in [2.45, 2.75) is 91.1 Å². The lowest BCUT2D eigenvalue weighted by Gasteiger charge is -2.34. The molecular weight excluding hydrogens is 418 g/mol. The molecule has 1 atom stereocenters. The van der Waals surface area contributed by atoms with E-state index < -0.39 is 0 Å². The topological polar surface area (TPSA) is 87.1 Å². The van der Waals surface area contributed by atoms with E-state index in [1.54, 1.807) is 11.0 Å². The minimum atomic E-state index is -0.202. The second-order valence-electron chi connectivity index (χ2n) is 10.7. The molecule has 0 unspecified atom stereocenters. The lowest BCUT2D eigenvalue weighted by atomic mass is 9.83. The number of piperidine rings is 1. The normalized spacial score (nSPS) is 18.8. The van der Waals surface area contributed by atoms with Crippen LogP contribution in [0, 0.1) is 17.8 Å². The van der Waals surface area contributed by atoms with Gasteiger partial charge in [0.2, 0.25) is 0 Å². The monoisotopic (exact) mass is 459 g/mol. The van der Waals surface area contributed by atoms with E-state index in [4.69, 9.17) is 4.74 Å². The molecule has 0 spiro atoms. The van der Waals surface area contributed by atoms with Crippen LogP contribution >= 0.6 is 0 Å². The number of rotatable bonds is 8. The first-order valence-electron chi connectivity index (χ1n) is 12.7. The Bertz CT molecular complexity index is 820. The van der Waals surface area contributed by atoms with Gasteiger partial charge in [-0.3, -0.25) is 9.59 Å². The van der Waals surface area contributed by atoms with Crippen molar-refractivity contribution in [2.24, 2.45) is 17.8 Å². The molecule has 2 fully saturated rings. The highest BCUT2D eigenvalue weighted by molar-refractivity contribution is 5.97. The number of likely N-dealkylation sites (tertiary alicyclic amines) is 1. The summed E-state index contributed by atoms with van der Waals surface area (Å²) in [4.78, 5) is 27.8. The second-order valence-corrected chi connectivity index (χ2v) is 10.7. The quantitative estimate of drug-likeness (QED) is 0.493. The van der Waals surface area contributed by atoms with Crippen LogP contribution in [0.25, 0.3) is 0 Å². The first-order chi connectivity index (χ1) is 15.7. The Kier molecular flexibility index (Phi) is 8.66. The Morgan fingerprint density at radius 3 is 2.21 bits per heavy atom. The lowest BCUT2D eigenvalue weighted by Crippen LogP contribution is -2.39. The van der Waals surface area contributed by atoms with Crippen LogP contribution in [-0.4, -0.2) is 46.2 Å². The summed E-state index contributed by atoms with van der Waals surface area (Å²) in [5, 5.41) is 20.3. The van der Waals surface area contributed by atoms with E-state index in [9.17, 15) is 19.8 Å². The highest BCUT2D eigenvalue weighted by Crippen LogP contribution is 2.35. The molecule has 1 amide bonds. The van der Waals surface area contributed by atoms with Crippen molar-refractivity contribution >= 4 is 11.9 Å². The van der Waals surface area contributed by atoms with Crippen molar-refractivity contribution in [3.05, 3.63) is 23.3 Å². The Balaban J connectivity index is 1.59. The predicted octanol–water partition coefficient (Wildman–Crippen LogP) is 5.61. The van der Waals surface area contributed by atoms with Gasteiger partial charge >= 0.3 is 5.97 Å². The van der Waals surface area contributed by atoms with Crippen LogP contribution in [0.5, 0.6) is 11.5 Å². The lowest BCUT2D eigenvalue weighted by molar-refractivity contribution is -0.155. The number of carbonyl (C=O) groups is 2. The zero-order chi connectivity index (χ0) is 24.1. The fourth-order valence-electron chi connectivity index (χ4n) is 5.30. The maximum absolute atomic E-state index is 13.1. The Morgan fingerprint density at radius 1 is 1.00 bits per heavy atom. The molecule has 3 rings (SSSR count). The van der Waals surface area contributed by atoms with Gasteiger partial charge in [-0.05, 0) is 80.8 Å². The van der Waals surface area contributed by atoms with Crippen LogP contribution in [0.2, 0.25) is 0 Å². The molecule has 1 saturated heterocycles. The van der Waals surface area contributed by atoms with E-state index in [2.05, 4.69) is 13.8 Å². The van der Waals surface area contributed by atoms with Gasteiger partial charge in [0.25, 0.3) is 5.91 Å². The van der Waals surface area contributed by atoms with E-state index >= 15 is 0 Å². The van der Waals surface area contributed by atoms with Crippen molar-refractivity contribution in [3.8, 4) is 11.5 Å². The van der Waals surface area contributed by atoms with E-state index in [1.807, 2.05) is 13.8 Å². The third-order valence-electron chi connectivity index (χ3n) is 7.19. The van der Waals surface area contributed by atoms with Crippen molar-refractivity contribution in [3.63, 3.8) is 0 Å². The molecule has 0 aromatic heterocycles.